The van der Waals surface area contributed by atoms with Crippen molar-refractivity contribution in [3.05, 3.63) is 82.2 Å². The Morgan fingerprint density at radius 1 is 1.14 bits per heavy atom. The lowest BCUT2D eigenvalue weighted by Crippen LogP contribution is -2.07. The number of thiazole rings is 1. The van der Waals surface area contributed by atoms with E-state index >= 15 is 0 Å². The van der Waals surface area contributed by atoms with Gasteiger partial charge in [0, 0.05) is 27.1 Å². The number of halogens is 1. The first-order valence-corrected chi connectivity index (χ1v) is 10.6. The van der Waals surface area contributed by atoms with Gasteiger partial charge in [0.2, 0.25) is 5.91 Å². The molecule has 144 valence electrons. The van der Waals surface area contributed by atoms with Crippen LogP contribution >= 0.6 is 27.3 Å². The van der Waals surface area contributed by atoms with Crippen molar-refractivity contribution in [1.82, 2.24) is 4.98 Å². The van der Waals surface area contributed by atoms with Gasteiger partial charge in [-0.3, -0.25) is 10.1 Å². The quantitative estimate of drug-likeness (QED) is 0.348. The van der Waals surface area contributed by atoms with Gasteiger partial charge in [-0.1, -0.05) is 58.4 Å². The summed E-state index contributed by atoms with van der Waals surface area (Å²) in [7, 11) is 1.60. The summed E-state index contributed by atoms with van der Waals surface area (Å²) in [5.41, 5.74) is 2.71. The highest BCUT2D eigenvalue weighted by molar-refractivity contribution is 9.10. The molecule has 0 saturated heterocycles. The van der Waals surface area contributed by atoms with E-state index in [-0.39, 0.29) is 5.91 Å². The lowest BCUT2D eigenvalue weighted by Gasteiger charge is -2.05. The number of amides is 1. The standard InChI is InChI=1S/C23H17BrN2O2S/c1-28-21-11-10-17(24)13-16(21)9-12-22(27)26-23-25-20(14-29-23)19-8-4-6-15-5-2-3-7-18(15)19/h2-14H,1H3,(H,25,26,27)/b12-9+. The zero-order chi connectivity index (χ0) is 20.2. The van der Waals surface area contributed by atoms with E-state index in [1.165, 1.54) is 17.4 Å². The molecule has 0 aliphatic rings. The van der Waals surface area contributed by atoms with Crippen LogP contribution in [0.15, 0.2) is 76.6 Å². The molecule has 0 saturated carbocycles. The number of benzene rings is 3. The first-order valence-electron chi connectivity index (χ1n) is 8.90. The van der Waals surface area contributed by atoms with Gasteiger partial charge in [-0.05, 0) is 35.0 Å². The van der Waals surface area contributed by atoms with E-state index in [4.69, 9.17) is 4.74 Å². The Labute approximate surface area is 181 Å². The number of fused-ring (bicyclic) bond motifs is 1. The summed E-state index contributed by atoms with van der Waals surface area (Å²) in [5.74, 6) is 0.454. The van der Waals surface area contributed by atoms with E-state index in [9.17, 15) is 4.79 Å². The van der Waals surface area contributed by atoms with Gasteiger partial charge in [-0.25, -0.2) is 4.98 Å². The summed E-state index contributed by atoms with van der Waals surface area (Å²) in [6.45, 7) is 0. The molecular weight excluding hydrogens is 448 g/mol. The molecule has 6 heteroatoms. The number of ether oxygens (including phenoxy) is 1. The Morgan fingerprint density at radius 2 is 1.97 bits per heavy atom. The Bertz CT molecular complexity index is 1210. The second kappa shape index (κ2) is 8.59. The topological polar surface area (TPSA) is 51.2 Å². The highest BCUT2D eigenvalue weighted by Crippen LogP contribution is 2.31. The number of methoxy groups -OCH3 is 1. The lowest BCUT2D eigenvalue weighted by molar-refractivity contribution is -0.111. The van der Waals surface area contributed by atoms with Crippen molar-refractivity contribution in [3.63, 3.8) is 0 Å². The zero-order valence-electron chi connectivity index (χ0n) is 15.6. The van der Waals surface area contributed by atoms with Crippen LogP contribution in [0.2, 0.25) is 0 Å². The van der Waals surface area contributed by atoms with E-state index in [0.717, 1.165) is 32.1 Å². The molecular formula is C23H17BrN2O2S. The third-order valence-corrected chi connectivity index (χ3v) is 5.66. The molecule has 0 fully saturated rings. The zero-order valence-corrected chi connectivity index (χ0v) is 18.0. The van der Waals surface area contributed by atoms with Crippen LogP contribution in [-0.2, 0) is 4.79 Å². The van der Waals surface area contributed by atoms with Crippen LogP contribution in [0.25, 0.3) is 28.1 Å². The van der Waals surface area contributed by atoms with Crippen LogP contribution in [0.1, 0.15) is 5.56 Å². The predicted octanol–water partition coefficient (Wildman–Crippen LogP) is 6.39. The first-order chi connectivity index (χ1) is 14.1. The Morgan fingerprint density at radius 3 is 2.83 bits per heavy atom. The highest BCUT2D eigenvalue weighted by atomic mass is 79.9. The highest BCUT2D eigenvalue weighted by Gasteiger charge is 2.09. The van der Waals surface area contributed by atoms with Crippen molar-refractivity contribution in [3.8, 4) is 17.0 Å². The van der Waals surface area contributed by atoms with Crippen molar-refractivity contribution >= 4 is 55.2 Å². The van der Waals surface area contributed by atoms with Gasteiger partial charge in [-0.15, -0.1) is 11.3 Å². The van der Waals surface area contributed by atoms with Crippen molar-refractivity contribution in [2.75, 3.05) is 12.4 Å². The van der Waals surface area contributed by atoms with Crippen molar-refractivity contribution in [2.24, 2.45) is 0 Å². The second-order valence-corrected chi connectivity index (χ2v) is 8.05. The first kappa shape index (κ1) is 19.4. The van der Waals surface area contributed by atoms with Gasteiger partial charge in [-0.2, -0.15) is 0 Å². The number of anilines is 1. The van der Waals surface area contributed by atoms with Crippen molar-refractivity contribution in [2.45, 2.75) is 0 Å². The number of rotatable bonds is 5. The third-order valence-electron chi connectivity index (χ3n) is 4.41. The molecule has 3 aromatic carbocycles. The van der Waals surface area contributed by atoms with E-state index < -0.39 is 0 Å². The van der Waals surface area contributed by atoms with Gasteiger partial charge in [0.25, 0.3) is 0 Å². The smallest absolute Gasteiger partial charge is 0.250 e. The maximum absolute atomic E-state index is 12.3. The van der Waals surface area contributed by atoms with Crippen LogP contribution in [-0.4, -0.2) is 18.0 Å². The Kier molecular flexibility index (Phi) is 5.74. The predicted molar refractivity (Wildman–Crippen MR) is 123 cm³/mol. The van der Waals surface area contributed by atoms with Gasteiger partial charge in [0.05, 0.1) is 12.8 Å². The third kappa shape index (κ3) is 4.39. The fraction of sp³-hybridized carbons (Fsp3) is 0.0435. The Hall–Kier alpha value is -2.96. The fourth-order valence-electron chi connectivity index (χ4n) is 3.05. The summed E-state index contributed by atoms with van der Waals surface area (Å²) in [4.78, 5) is 16.9. The number of nitrogens with zero attached hydrogens (tertiary/aromatic N) is 1. The lowest BCUT2D eigenvalue weighted by atomic mass is 10.0. The minimum atomic E-state index is -0.245. The maximum atomic E-state index is 12.3. The van der Waals surface area contributed by atoms with E-state index in [0.29, 0.717) is 10.9 Å². The van der Waals surface area contributed by atoms with Crippen LogP contribution < -0.4 is 10.1 Å². The largest absolute Gasteiger partial charge is 0.496 e. The van der Waals surface area contributed by atoms with Crippen molar-refractivity contribution < 1.29 is 9.53 Å². The SMILES string of the molecule is COc1ccc(Br)cc1/C=C/C(=O)Nc1nc(-c2cccc3ccccc23)cs1. The average Bonchev–Trinajstić information content (AvgIpc) is 3.20. The van der Waals surface area contributed by atoms with E-state index in [1.54, 1.807) is 13.2 Å². The summed E-state index contributed by atoms with van der Waals surface area (Å²) in [6.07, 6.45) is 3.20. The molecule has 4 rings (SSSR count). The normalized spacial score (nSPS) is 11.1. The Balaban J connectivity index is 1.52. The number of hydrogen-bond donors (Lipinski definition) is 1. The molecule has 0 radical (unpaired) electrons. The maximum Gasteiger partial charge on any atom is 0.250 e. The molecule has 0 bridgehead atoms. The summed E-state index contributed by atoms with van der Waals surface area (Å²) in [6, 6.07) is 20.0. The summed E-state index contributed by atoms with van der Waals surface area (Å²) in [5, 5.41) is 7.65. The van der Waals surface area contributed by atoms with Crippen molar-refractivity contribution in [1.29, 1.82) is 0 Å². The van der Waals surface area contributed by atoms with E-state index in [1.807, 2.05) is 47.8 Å². The molecule has 4 nitrogen and oxygen atoms in total. The van der Waals surface area contributed by atoms with Crippen LogP contribution in [0.3, 0.4) is 0 Å². The summed E-state index contributed by atoms with van der Waals surface area (Å²) >= 11 is 4.83. The van der Waals surface area contributed by atoms with Gasteiger partial charge in [0.15, 0.2) is 5.13 Å². The fourth-order valence-corrected chi connectivity index (χ4v) is 4.14. The van der Waals surface area contributed by atoms with Gasteiger partial charge in [0.1, 0.15) is 5.75 Å². The molecule has 0 spiro atoms. The number of aromatic nitrogens is 1. The number of hydrogen-bond acceptors (Lipinski definition) is 4. The average molecular weight is 465 g/mol. The molecule has 1 amide bonds. The summed E-state index contributed by atoms with van der Waals surface area (Å²) < 4.78 is 6.24. The molecule has 4 aromatic rings. The molecule has 1 aromatic heterocycles. The van der Waals surface area contributed by atoms with Gasteiger partial charge < -0.3 is 4.74 Å². The minimum absolute atomic E-state index is 0.245. The molecule has 0 aliphatic heterocycles. The minimum Gasteiger partial charge on any atom is -0.496 e. The number of carbonyl (C=O) groups is 1. The molecule has 1 N–H and O–H groups in total. The van der Waals surface area contributed by atoms with Gasteiger partial charge >= 0.3 is 0 Å². The molecule has 0 unspecified atom stereocenters. The number of carbonyl (C=O) groups excluding carboxylic acids is 1. The van der Waals surface area contributed by atoms with Crippen LogP contribution in [0, 0.1) is 0 Å². The molecule has 0 aliphatic carbocycles. The van der Waals surface area contributed by atoms with E-state index in [2.05, 4.69) is 44.4 Å². The number of nitrogens with one attached hydrogen (secondary N) is 1. The molecule has 29 heavy (non-hydrogen) atoms. The molecule has 1 heterocycles. The molecule has 0 atom stereocenters. The monoisotopic (exact) mass is 464 g/mol. The van der Waals surface area contributed by atoms with Crippen LogP contribution in [0.5, 0.6) is 5.75 Å². The van der Waals surface area contributed by atoms with Crippen LogP contribution in [0.4, 0.5) is 5.13 Å². The second-order valence-electron chi connectivity index (χ2n) is 6.27.